The van der Waals surface area contributed by atoms with Crippen molar-refractivity contribution in [3.63, 3.8) is 0 Å². The van der Waals surface area contributed by atoms with Gasteiger partial charge in [0.1, 0.15) is 5.01 Å². The number of carbonyl (C=O) groups is 1. The van der Waals surface area contributed by atoms with E-state index >= 15 is 0 Å². The van der Waals surface area contributed by atoms with E-state index in [9.17, 15) is 4.79 Å². The summed E-state index contributed by atoms with van der Waals surface area (Å²) in [6, 6.07) is 18.2. The Bertz CT molecular complexity index is 1050. The average molecular weight is 434 g/mol. The quantitative estimate of drug-likeness (QED) is 0.388. The molecule has 1 aromatic heterocycles. The zero-order valence-electron chi connectivity index (χ0n) is 17.6. The van der Waals surface area contributed by atoms with E-state index < -0.39 is 0 Å². The van der Waals surface area contributed by atoms with Crippen LogP contribution in [0.3, 0.4) is 0 Å². The van der Waals surface area contributed by atoms with Crippen molar-refractivity contribution in [1.29, 1.82) is 0 Å². The molecule has 0 radical (unpaired) electrons. The number of nitrogens with zero attached hydrogens (tertiary/aromatic N) is 2. The molecule has 3 N–H and O–H groups in total. The van der Waals surface area contributed by atoms with Crippen LogP contribution in [0, 0.1) is 0 Å². The molecular weight excluding hydrogens is 406 g/mol. The van der Waals surface area contributed by atoms with Crippen LogP contribution in [0.5, 0.6) is 0 Å². The SMILES string of the molecule is CCNC(=NCC1CC(=O)Nc2ccccc21)NCCc1csc(-c2ccccc2)n1. The average Bonchev–Trinajstić information content (AvgIpc) is 3.27. The van der Waals surface area contributed by atoms with Crippen LogP contribution >= 0.6 is 11.3 Å². The molecule has 7 heteroatoms. The molecule has 0 spiro atoms. The van der Waals surface area contributed by atoms with Gasteiger partial charge in [0.2, 0.25) is 5.91 Å². The van der Waals surface area contributed by atoms with Crippen molar-refractivity contribution in [3.05, 3.63) is 71.2 Å². The number of benzene rings is 2. The molecular formula is C24H27N5OS. The van der Waals surface area contributed by atoms with Gasteiger partial charge in [0, 0.05) is 48.5 Å². The first-order valence-electron chi connectivity index (χ1n) is 10.6. The minimum absolute atomic E-state index is 0.0506. The van der Waals surface area contributed by atoms with Crippen LogP contribution in [0.1, 0.15) is 30.5 Å². The predicted octanol–water partition coefficient (Wildman–Crippen LogP) is 4.03. The van der Waals surface area contributed by atoms with E-state index in [0.29, 0.717) is 13.0 Å². The van der Waals surface area contributed by atoms with Crippen molar-refractivity contribution in [2.75, 3.05) is 25.0 Å². The standard InChI is InChI=1S/C24H27N5OS/c1-2-25-24(27-15-18-14-22(30)29-21-11-7-6-10-20(18)21)26-13-12-19-16-31-23(28-19)17-8-4-3-5-9-17/h3-11,16,18H,2,12-15H2,1H3,(H,29,30)(H2,25,26,27). The van der Waals surface area contributed by atoms with Crippen LogP contribution in [0.2, 0.25) is 0 Å². The van der Waals surface area contributed by atoms with Crippen LogP contribution in [0.4, 0.5) is 5.69 Å². The van der Waals surface area contributed by atoms with Gasteiger partial charge in [-0.05, 0) is 18.6 Å². The molecule has 6 nitrogen and oxygen atoms in total. The van der Waals surface area contributed by atoms with Gasteiger partial charge in [0.25, 0.3) is 0 Å². The molecule has 160 valence electrons. The molecule has 0 saturated carbocycles. The van der Waals surface area contributed by atoms with Gasteiger partial charge in [-0.25, -0.2) is 4.98 Å². The summed E-state index contributed by atoms with van der Waals surface area (Å²) in [5.41, 5.74) is 4.27. The van der Waals surface area contributed by atoms with Crippen LogP contribution in [-0.4, -0.2) is 36.5 Å². The number of thiazole rings is 1. The largest absolute Gasteiger partial charge is 0.357 e. The lowest BCUT2D eigenvalue weighted by Crippen LogP contribution is -2.39. The van der Waals surface area contributed by atoms with E-state index in [-0.39, 0.29) is 11.8 Å². The van der Waals surface area contributed by atoms with Crippen LogP contribution in [0.15, 0.2) is 65.0 Å². The second kappa shape index (κ2) is 10.2. The van der Waals surface area contributed by atoms with Gasteiger partial charge in [0.05, 0.1) is 12.2 Å². The summed E-state index contributed by atoms with van der Waals surface area (Å²) < 4.78 is 0. The first-order valence-corrected chi connectivity index (χ1v) is 11.5. The molecule has 1 atom stereocenters. The Labute approximate surface area is 186 Å². The number of hydrogen-bond donors (Lipinski definition) is 3. The van der Waals surface area contributed by atoms with Crippen molar-refractivity contribution in [1.82, 2.24) is 15.6 Å². The summed E-state index contributed by atoms with van der Waals surface area (Å²) in [5.74, 6) is 0.909. The predicted molar refractivity (Wildman–Crippen MR) is 128 cm³/mol. The third kappa shape index (κ3) is 5.49. The molecule has 1 aliphatic rings. The molecule has 1 amide bonds. The minimum Gasteiger partial charge on any atom is -0.357 e. The second-order valence-corrected chi connectivity index (χ2v) is 8.30. The Balaban J connectivity index is 1.35. The highest BCUT2D eigenvalue weighted by atomic mass is 32.1. The van der Waals surface area contributed by atoms with E-state index in [1.807, 2.05) is 43.3 Å². The summed E-state index contributed by atoms with van der Waals surface area (Å²) in [7, 11) is 0. The fourth-order valence-electron chi connectivity index (χ4n) is 3.65. The fraction of sp³-hybridized carbons (Fsp3) is 0.292. The second-order valence-electron chi connectivity index (χ2n) is 7.44. The Kier molecular flexibility index (Phi) is 6.94. The highest BCUT2D eigenvalue weighted by Gasteiger charge is 2.24. The molecule has 1 aliphatic heterocycles. The highest BCUT2D eigenvalue weighted by Crippen LogP contribution is 2.32. The highest BCUT2D eigenvalue weighted by molar-refractivity contribution is 7.13. The van der Waals surface area contributed by atoms with Crippen molar-refractivity contribution in [3.8, 4) is 10.6 Å². The molecule has 31 heavy (non-hydrogen) atoms. The maximum atomic E-state index is 12.0. The van der Waals surface area contributed by atoms with Gasteiger partial charge in [-0.1, -0.05) is 48.5 Å². The van der Waals surface area contributed by atoms with E-state index in [4.69, 9.17) is 9.98 Å². The van der Waals surface area contributed by atoms with E-state index in [1.54, 1.807) is 11.3 Å². The van der Waals surface area contributed by atoms with Crippen LogP contribution in [0.25, 0.3) is 10.6 Å². The smallest absolute Gasteiger partial charge is 0.225 e. The molecule has 0 saturated heterocycles. The number of hydrogen-bond acceptors (Lipinski definition) is 4. The van der Waals surface area contributed by atoms with E-state index in [0.717, 1.165) is 53.0 Å². The summed E-state index contributed by atoms with van der Waals surface area (Å²) in [6.45, 7) is 4.13. The Morgan fingerprint density at radius 3 is 2.81 bits per heavy atom. The summed E-state index contributed by atoms with van der Waals surface area (Å²) >= 11 is 1.67. The minimum atomic E-state index is 0.0506. The maximum absolute atomic E-state index is 12.0. The number of nitrogens with one attached hydrogen (secondary N) is 3. The van der Waals surface area contributed by atoms with Gasteiger partial charge in [-0.2, -0.15) is 0 Å². The van der Waals surface area contributed by atoms with Gasteiger partial charge in [-0.3, -0.25) is 9.79 Å². The zero-order chi connectivity index (χ0) is 21.5. The topological polar surface area (TPSA) is 78.4 Å². The molecule has 1 unspecified atom stereocenters. The number of anilines is 1. The first kappa shape index (κ1) is 21.1. The molecule has 3 aromatic rings. The molecule has 2 aromatic carbocycles. The number of amides is 1. The Morgan fingerprint density at radius 2 is 1.97 bits per heavy atom. The van der Waals surface area contributed by atoms with Gasteiger partial charge >= 0.3 is 0 Å². The van der Waals surface area contributed by atoms with Crippen LogP contribution in [-0.2, 0) is 11.2 Å². The number of aliphatic imine (C=N–C) groups is 1. The number of aromatic nitrogens is 1. The maximum Gasteiger partial charge on any atom is 0.225 e. The number of para-hydroxylation sites is 1. The Morgan fingerprint density at radius 1 is 1.16 bits per heavy atom. The van der Waals surface area contributed by atoms with E-state index in [1.165, 1.54) is 0 Å². The number of carbonyl (C=O) groups excluding carboxylic acids is 1. The van der Waals surface area contributed by atoms with Gasteiger partial charge in [0.15, 0.2) is 5.96 Å². The molecule has 0 aliphatic carbocycles. The van der Waals surface area contributed by atoms with E-state index in [2.05, 4.69) is 39.5 Å². The lowest BCUT2D eigenvalue weighted by Gasteiger charge is -2.24. The number of fused-ring (bicyclic) bond motifs is 1. The zero-order valence-corrected chi connectivity index (χ0v) is 18.4. The lowest BCUT2D eigenvalue weighted by molar-refractivity contribution is -0.116. The molecule has 0 fully saturated rings. The summed E-state index contributed by atoms with van der Waals surface area (Å²) in [6.07, 6.45) is 1.28. The number of guanidine groups is 1. The molecule has 0 bridgehead atoms. The van der Waals surface area contributed by atoms with Gasteiger partial charge in [-0.15, -0.1) is 11.3 Å². The molecule has 2 heterocycles. The lowest BCUT2D eigenvalue weighted by atomic mass is 9.91. The van der Waals surface area contributed by atoms with Crippen molar-refractivity contribution in [2.45, 2.75) is 25.7 Å². The van der Waals surface area contributed by atoms with Crippen LogP contribution < -0.4 is 16.0 Å². The van der Waals surface area contributed by atoms with Crippen molar-refractivity contribution >= 4 is 28.9 Å². The summed E-state index contributed by atoms with van der Waals surface area (Å²) in [5, 5.41) is 12.8. The molecule has 4 rings (SSSR count). The summed E-state index contributed by atoms with van der Waals surface area (Å²) in [4.78, 5) is 21.5. The number of rotatable bonds is 7. The van der Waals surface area contributed by atoms with Crippen molar-refractivity contribution < 1.29 is 4.79 Å². The fourth-order valence-corrected chi connectivity index (χ4v) is 4.51. The normalized spacial score (nSPS) is 15.8. The van der Waals surface area contributed by atoms with Gasteiger partial charge < -0.3 is 16.0 Å². The monoisotopic (exact) mass is 433 g/mol. The Hall–Kier alpha value is -3.19. The van der Waals surface area contributed by atoms with Crippen molar-refractivity contribution in [2.24, 2.45) is 4.99 Å². The third-order valence-corrected chi connectivity index (χ3v) is 6.11. The first-order chi connectivity index (χ1) is 15.2. The third-order valence-electron chi connectivity index (χ3n) is 5.17.